The van der Waals surface area contributed by atoms with Crippen molar-refractivity contribution < 1.29 is 19.7 Å². The van der Waals surface area contributed by atoms with E-state index in [-0.39, 0.29) is 17.0 Å². The van der Waals surface area contributed by atoms with Gasteiger partial charge in [-0.1, -0.05) is 5.75 Å². The van der Waals surface area contributed by atoms with Crippen LogP contribution in [0.3, 0.4) is 0 Å². The number of aromatic carboxylic acids is 1. The lowest BCUT2D eigenvalue weighted by molar-refractivity contribution is -0.267. The molecule has 0 aliphatic heterocycles. The predicted molar refractivity (Wildman–Crippen MR) is 43.8 cm³/mol. The van der Waals surface area contributed by atoms with E-state index >= 15 is 0 Å². The van der Waals surface area contributed by atoms with Crippen molar-refractivity contribution in [3.8, 4) is 11.5 Å². The third kappa shape index (κ3) is 1.64. The molecule has 1 rings (SSSR count). The number of carboxylic acids is 1. The molecule has 0 spiro atoms. The van der Waals surface area contributed by atoms with Gasteiger partial charge in [-0.15, -0.1) is 0 Å². The van der Waals surface area contributed by atoms with E-state index in [1.54, 1.807) is 0 Å². The van der Waals surface area contributed by atoms with Gasteiger partial charge in [0, 0.05) is 5.69 Å². The molecule has 0 amide bonds. The molecular formula is C8H8NO4-. The number of carboxylic acid groups (broad SMARTS) is 1. The predicted octanol–water partition coefficient (Wildman–Crippen LogP) is 0.0492. The Labute approximate surface area is 74.4 Å². The quantitative estimate of drug-likeness (QED) is 0.630. The second kappa shape index (κ2) is 3.22. The standard InChI is InChI=1S/C8H9NO4/c1-13-4-2-5(8(11)12)7(9)6(10)3-4/h2-3,10H,9H2,1H3,(H,11,12)/p-1. The van der Waals surface area contributed by atoms with Crippen molar-refractivity contribution in [2.75, 3.05) is 12.8 Å². The van der Waals surface area contributed by atoms with Crippen LogP contribution in [0.5, 0.6) is 11.5 Å². The molecule has 0 heterocycles. The van der Waals surface area contributed by atoms with Gasteiger partial charge in [0.25, 0.3) is 0 Å². The van der Waals surface area contributed by atoms with Crippen LogP contribution in [0.25, 0.3) is 0 Å². The number of ether oxygens (including phenoxy) is 1. The van der Waals surface area contributed by atoms with Gasteiger partial charge in [0.05, 0.1) is 12.7 Å². The minimum Gasteiger partial charge on any atom is -0.871 e. The zero-order valence-corrected chi connectivity index (χ0v) is 6.90. The van der Waals surface area contributed by atoms with Gasteiger partial charge < -0.3 is 20.7 Å². The molecule has 3 N–H and O–H groups in total. The van der Waals surface area contributed by atoms with E-state index in [0.29, 0.717) is 0 Å². The van der Waals surface area contributed by atoms with Gasteiger partial charge in [0.1, 0.15) is 5.75 Å². The maximum absolute atomic E-state index is 11.1. The van der Waals surface area contributed by atoms with E-state index in [9.17, 15) is 9.90 Å². The highest BCUT2D eigenvalue weighted by atomic mass is 16.5. The average Bonchev–Trinajstić information content (AvgIpc) is 2.09. The van der Waals surface area contributed by atoms with Gasteiger partial charge in [-0.3, -0.25) is 0 Å². The van der Waals surface area contributed by atoms with Gasteiger partial charge in [0.2, 0.25) is 0 Å². The van der Waals surface area contributed by atoms with E-state index in [1.165, 1.54) is 13.2 Å². The fraction of sp³-hybridized carbons (Fsp3) is 0.125. The van der Waals surface area contributed by atoms with Crippen molar-refractivity contribution in [1.29, 1.82) is 0 Å². The van der Waals surface area contributed by atoms with E-state index in [4.69, 9.17) is 15.6 Å². The fourth-order valence-electron chi connectivity index (χ4n) is 0.896. The van der Waals surface area contributed by atoms with E-state index < -0.39 is 11.7 Å². The number of benzene rings is 1. The second-order valence-corrected chi connectivity index (χ2v) is 2.39. The van der Waals surface area contributed by atoms with Gasteiger partial charge in [-0.05, 0) is 12.1 Å². The molecule has 1 aromatic rings. The Balaban J connectivity index is 3.33. The zero-order chi connectivity index (χ0) is 10.0. The Kier molecular flexibility index (Phi) is 2.27. The SMILES string of the molecule is COc1cc([O-])c(N)c(C(=O)O)c1. The molecule has 0 bridgehead atoms. The minimum absolute atomic E-state index is 0.191. The zero-order valence-electron chi connectivity index (χ0n) is 6.90. The summed E-state index contributed by atoms with van der Waals surface area (Å²) in [5.41, 5.74) is 4.76. The third-order valence-corrected chi connectivity index (χ3v) is 1.58. The maximum Gasteiger partial charge on any atom is 0.337 e. The van der Waals surface area contributed by atoms with Crippen LogP contribution in [0.15, 0.2) is 12.1 Å². The molecule has 0 aliphatic rings. The highest BCUT2D eigenvalue weighted by Gasteiger charge is 2.09. The van der Waals surface area contributed by atoms with Crippen LogP contribution in [0.2, 0.25) is 0 Å². The largest absolute Gasteiger partial charge is 0.871 e. The summed E-state index contributed by atoms with van der Waals surface area (Å²) >= 11 is 0. The second-order valence-electron chi connectivity index (χ2n) is 2.39. The van der Waals surface area contributed by atoms with Gasteiger partial charge >= 0.3 is 5.97 Å². The summed E-state index contributed by atoms with van der Waals surface area (Å²) in [4.78, 5) is 10.6. The number of anilines is 1. The lowest BCUT2D eigenvalue weighted by Crippen LogP contribution is -2.06. The summed E-state index contributed by atoms with van der Waals surface area (Å²) in [6.45, 7) is 0. The molecule has 1 aromatic carbocycles. The van der Waals surface area contributed by atoms with E-state index in [1.807, 2.05) is 0 Å². The number of hydrogen-bond donors (Lipinski definition) is 2. The summed E-state index contributed by atoms with van der Waals surface area (Å²) in [5, 5.41) is 19.7. The maximum atomic E-state index is 11.1. The number of nitrogens with two attached hydrogens (primary N) is 1. The summed E-state index contributed by atoms with van der Waals surface area (Å²) in [6.07, 6.45) is 0. The van der Waals surface area contributed by atoms with Crippen molar-refractivity contribution in [1.82, 2.24) is 0 Å². The Bertz CT molecular complexity index is 348. The Morgan fingerprint density at radius 2 is 2.23 bits per heavy atom. The third-order valence-electron chi connectivity index (χ3n) is 1.58. The van der Waals surface area contributed by atoms with Crippen molar-refractivity contribution in [2.24, 2.45) is 0 Å². The smallest absolute Gasteiger partial charge is 0.337 e. The molecule has 5 heteroatoms. The van der Waals surface area contributed by atoms with Crippen LogP contribution >= 0.6 is 0 Å². The Morgan fingerprint density at radius 3 is 2.69 bits per heavy atom. The molecular weight excluding hydrogens is 174 g/mol. The number of carbonyl (C=O) groups is 1. The Morgan fingerprint density at radius 1 is 1.62 bits per heavy atom. The van der Waals surface area contributed by atoms with Crippen molar-refractivity contribution in [2.45, 2.75) is 0 Å². The number of rotatable bonds is 2. The molecule has 0 radical (unpaired) electrons. The number of hydrogen-bond acceptors (Lipinski definition) is 4. The van der Waals surface area contributed by atoms with Gasteiger partial charge in [-0.2, -0.15) is 0 Å². The average molecular weight is 182 g/mol. The van der Waals surface area contributed by atoms with Crippen LogP contribution in [-0.4, -0.2) is 18.2 Å². The monoisotopic (exact) mass is 182 g/mol. The van der Waals surface area contributed by atoms with Crippen molar-refractivity contribution >= 4 is 11.7 Å². The molecule has 0 aliphatic carbocycles. The van der Waals surface area contributed by atoms with E-state index in [2.05, 4.69) is 0 Å². The summed E-state index contributed by atoms with van der Waals surface area (Å²) < 4.78 is 4.72. The van der Waals surface area contributed by atoms with E-state index in [0.717, 1.165) is 6.07 Å². The van der Waals surface area contributed by atoms with Crippen LogP contribution < -0.4 is 15.6 Å². The summed E-state index contributed by atoms with van der Waals surface area (Å²) in [7, 11) is 1.34. The molecule has 0 saturated heterocycles. The first-order valence-electron chi connectivity index (χ1n) is 3.44. The van der Waals surface area contributed by atoms with Crippen molar-refractivity contribution in [3.63, 3.8) is 0 Å². The van der Waals surface area contributed by atoms with Crippen LogP contribution in [-0.2, 0) is 0 Å². The first kappa shape index (κ1) is 9.18. The fourth-order valence-corrected chi connectivity index (χ4v) is 0.896. The first-order valence-corrected chi connectivity index (χ1v) is 3.44. The molecule has 70 valence electrons. The molecule has 0 saturated carbocycles. The Hall–Kier alpha value is -1.91. The topological polar surface area (TPSA) is 95.6 Å². The lowest BCUT2D eigenvalue weighted by Gasteiger charge is -2.13. The van der Waals surface area contributed by atoms with Crippen LogP contribution in [0, 0.1) is 0 Å². The number of methoxy groups -OCH3 is 1. The van der Waals surface area contributed by atoms with Crippen molar-refractivity contribution in [3.05, 3.63) is 17.7 Å². The molecule has 0 unspecified atom stereocenters. The molecule has 0 aromatic heterocycles. The van der Waals surface area contributed by atoms with Crippen LogP contribution in [0.4, 0.5) is 5.69 Å². The number of nitrogen functional groups attached to an aromatic ring is 1. The summed E-state index contributed by atoms with van der Waals surface area (Å²) in [5.74, 6) is -1.60. The summed E-state index contributed by atoms with van der Waals surface area (Å²) in [6, 6.07) is 2.35. The first-order chi connectivity index (χ1) is 6.06. The van der Waals surface area contributed by atoms with Gasteiger partial charge in [-0.25, -0.2) is 4.79 Å². The molecule has 13 heavy (non-hydrogen) atoms. The highest BCUT2D eigenvalue weighted by Crippen LogP contribution is 2.27. The lowest BCUT2D eigenvalue weighted by atomic mass is 10.1. The highest BCUT2D eigenvalue weighted by molar-refractivity contribution is 5.95. The molecule has 0 atom stereocenters. The normalized spacial score (nSPS) is 9.62. The molecule has 5 nitrogen and oxygen atoms in total. The minimum atomic E-state index is -1.24. The van der Waals surface area contributed by atoms with Crippen LogP contribution in [0.1, 0.15) is 10.4 Å². The van der Waals surface area contributed by atoms with Gasteiger partial charge in [0.15, 0.2) is 0 Å². The molecule has 0 fully saturated rings.